The predicted molar refractivity (Wildman–Crippen MR) is 332 cm³/mol. The van der Waals surface area contributed by atoms with E-state index in [0.717, 1.165) is 59.1 Å². The van der Waals surface area contributed by atoms with Crippen LogP contribution in [0.4, 0.5) is 0 Å². The smallest absolute Gasteiger partial charge is 0.331 e. The normalized spacial score (nSPS) is 11.5. The van der Waals surface area contributed by atoms with Crippen LogP contribution in [0.3, 0.4) is 0 Å². The highest BCUT2D eigenvalue weighted by Crippen LogP contribution is 2.33. The van der Waals surface area contributed by atoms with Gasteiger partial charge in [0.2, 0.25) is 11.6 Å². The maximum atomic E-state index is 13.7. The molecule has 0 atom stereocenters. The van der Waals surface area contributed by atoms with Gasteiger partial charge in [-0.15, -0.1) is 23.5 Å². The fourth-order valence-electron chi connectivity index (χ4n) is 8.74. The summed E-state index contributed by atoms with van der Waals surface area (Å²) in [5, 5.41) is 10.8. The van der Waals surface area contributed by atoms with Crippen LogP contribution in [0.1, 0.15) is 97.3 Å². The van der Waals surface area contributed by atoms with Crippen LogP contribution in [-0.2, 0) is 25.8 Å². The topological polar surface area (TPSA) is 151 Å². The number of aromatic nitrogens is 1. The molecule has 0 aliphatic rings. The third kappa shape index (κ3) is 15.8. The number of Topliss-reactive ketones (excluding diaryl/α,β-unsaturated/α-hetero) is 2. The van der Waals surface area contributed by atoms with E-state index in [2.05, 4.69) is 21.8 Å². The quantitative estimate of drug-likeness (QED) is 0.0222. The van der Waals surface area contributed by atoms with Crippen LogP contribution in [0.15, 0.2) is 212 Å². The van der Waals surface area contributed by atoms with Crippen LogP contribution in [-0.4, -0.2) is 62.6 Å². The van der Waals surface area contributed by atoms with E-state index in [4.69, 9.17) is 32.9 Å². The second-order valence-corrected chi connectivity index (χ2v) is 23.0. The molecule has 0 amide bonds. The second kappa shape index (κ2) is 28.7. The number of aryl methyl sites for hydroxylation is 3. The number of halogens is 2. The first-order valence-corrected chi connectivity index (χ1v) is 29.6. The number of fused-ring (bicyclic) bond motifs is 3. The van der Waals surface area contributed by atoms with Crippen molar-refractivity contribution < 1.29 is 38.4 Å². The van der Waals surface area contributed by atoms with Gasteiger partial charge in [0.25, 0.3) is 0 Å². The molecule has 9 rings (SSSR count). The van der Waals surface area contributed by atoms with E-state index in [1.807, 2.05) is 178 Å². The fraction of sp³-hybridized carbons (Fsp3) is 0.152. The van der Waals surface area contributed by atoms with E-state index in [1.165, 1.54) is 25.6 Å². The number of carbonyl (C=O) groups is 6. The van der Waals surface area contributed by atoms with Crippen molar-refractivity contribution in [2.75, 3.05) is 11.5 Å². The molecule has 0 aliphatic carbocycles. The van der Waals surface area contributed by atoms with Crippen LogP contribution in [0.25, 0.3) is 21.8 Å². The van der Waals surface area contributed by atoms with Gasteiger partial charge in [-0.1, -0.05) is 93.8 Å². The number of benzene rings is 8. The summed E-state index contributed by atoms with van der Waals surface area (Å²) < 4.78 is 2.16. The maximum absolute atomic E-state index is 13.7. The summed E-state index contributed by atoms with van der Waals surface area (Å²) in [6, 6.07) is 55.9. The lowest BCUT2D eigenvalue weighted by atomic mass is 9.97. The summed E-state index contributed by atoms with van der Waals surface area (Å²) in [6.45, 7) is 9.12. The summed E-state index contributed by atoms with van der Waals surface area (Å²) in [6.07, 6.45) is 0.618. The molecular weight excluding hydrogens is 1130 g/mol. The number of rotatable bonds is 21. The molecule has 414 valence electrons. The molecule has 0 saturated carbocycles. The molecule has 11 nitrogen and oxygen atoms in total. The Kier molecular flexibility index (Phi) is 21.1. The van der Waals surface area contributed by atoms with Crippen LogP contribution in [0, 0.1) is 13.8 Å². The number of hydrogen-bond donors (Lipinski definition) is 0. The molecule has 1 heterocycles. The molecule has 0 aliphatic heterocycles. The van der Waals surface area contributed by atoms with E-state index in [9.17, 15) is 28.8 Å². The summed E-state index contributed by atoms with van der Waals surface area (Å²) in [5.41, 5.74) is 7.58. The van der Waals surface area contributed by atoms with Crippen molar-refractivity contribution in [2.45, 2.75) is 73.6 Å². The molecule has 1 aromatic heterocycles. The number of oxime groups is 2. The first-order chi connectivity index (χ1) is 39.6. The highest BCUT2D eigenvalue weighted by atomic mass is 35.5. The zero-order valence-electron chi connectivity index (χ0n) is 45.4. The summed E-state index contributed by atoms with van der Waals surface area (Å²) in [4.78, 5) is 89.6. The lowest BCUT2D eigenvalue weighted by Crippen LogP contribution is -2.16. The molecule has 0 saturated heterocycles. The maximum Gasteiger partial charge on any atom is 0.331 e. The van der Waals surface area contributed by atoms with Gasteiger partial charge >= 0.3 is 11.9 Å². The Balaban J connectivity index is 0.000000215. The Bertz CT molecular complexity index is 3900. The van der Waals surface area contributed by atoms with E-state index >= 15 is 0 Å². The van der Waals surface area contributed by atoms with Gasteiger partial charge in [-0.25, -0.2) is 9.59 Å². The minimum absolute atomic E-state index is 0.00435. The van der Waals surface area contributed by atoms with Crippen LogP contribution >= 0.6 is 58.5 Å². The van der Waals surface area contributed by atoms with Gasteiger partial charge in [0, 0.05) is 130 Å². The molecule has 82 heavy (non-hydrogen) atoms. The lowest BCUT2D eigenvalue weighted by molar-refractivity contribution is -0.141. The standard InChI is InChI=1S/C34H29ClN2O4S.C32H26ClNO4S2/c1-4-37-31-15-9-23(33(39)27-8-6-5-7-21(27)2)19-28(31)29-20-24(10-16-32(29)37)34(40)30(36-41-22(3)38)17-18-42-26-13-11-25(35)12-14-26;1-21-5-3-4-6-29(21)31(36)23-7-13-27(14-8-23)40-28-15-9-24(10-16-28)32(37)30(34-38-22(2)35)19-20-39-26-17-11-25(33)12-18-26/h5-16,19-20H,4,17-18H2,1-3H3;3-18H,19-20H2,1-2H3/b36-30+;34-30+. The molecular formula is C66H55Cl2N3O8S3. The number of thioether (sulfide) groups is 2. The molecule has 0 spiro atoms. The van der Waals surface area contributed by atoms with Crippen molar-refractivity contribution in [3.8, 4) is 0 Å². The number of hydrogen-bond acceptors (Lipinski definition) is 13. The lowest BCUT2D eigenvalue weighted by Gasteiger charge is -2.08. The Hall–Kier alpha value is -7.85. The summed E-state index contributed by atoms with van der Waals surface area (Å²) in [5.74, 6) is -0.734. The zero-order valence-corrected chi connectivity index (χ0v) is 49.4. The van der Waals surface area contributed by atoms with Crippen molar-refractivity contribution in [3.63, 3.8) is 0 Å². The third-order valence-corrected chi connectivity index (χ3v) is 16.4. The SMILES string of the molecule is CC(=O)O/N=C(\CCSc1ccc(Cl)cc1)C(=O)c1ccc(Sc2ccc(C(=O)c3ccccc3C)cc2)cc1.CCn1c2ccc(C(=O)/C(CCSc3ccc(Cl)cc3)=N/OC(C)=O)cc2c2cc(C(=O)c3ccccc3C)ccc21. The van der Waals surface area contributed by atoms with Gasteiger partial charge in [-0.2, -0.15) is 0 Å². The Morgan fingerprint density at radius 1 is 0.463 bits per heavy atom. The van der Waals surface area contributed by atoms with E-state index in [1.54, 1.807) is 41.7 Å². The van der Waals surface area contributed by atoms with Crippen molar-refractivity contribution in [1.29, 1.82) is 0 Å². The van der Waals surface area contributed by atoms with E-state index in [-0.39, 0.29) is 34.6 Å². The molecule has 0 unspecified atom stereocenters. The van der Waals surface area contributed by atoms with Gasteiger partial charge < -0.3 is 14.2 Å². The summed E-state index contributed by atoms with van der Waals surface area (Å²) >= 11 is 16.6. The number of carbonyl (C=O) groups excluding carboxylic acids is 6. The van der Waals surface area contributed by atoms with Crippen LogP contribution in [0.5, 0.6) is 0 Å². The van der Waals surface area contributed by atoms with E-state index in [0.29, 0.717) is 67.8 Å². The highest BCUT2D eigenvalue weighted by Gasteiger charge is 2.21. The monoisotopic (exact) mass is 1180 g/mol. The molecule has 0 radical (unpaired) electrons. The Morgan fingerprint density at radius 2 is 0.841 bits per heavy atom. The van der Waals surface area contributed by atoms with Crippen molar-refractivity contribution >= 4 is 127 Å². The number of nitrogens with zero attached hydrogens (tertiary/aromatic N) is 3. The van der Waals surface area contributed by atoms with Gasteiger partial charge in [0.15, 0.2) is 11.6 Å². The van der Waals surface area contributed by atoms with E-state index < -0.39 is 11.9 Å². The molecule has 8 aromatic carbocycles. The molecule has 0 fully saturated rings. The third-order valence-electron chi connectivity index (χ3n) is 12.9. The minimum atomic E-state index is -0.599. The minimum Gasteiger partial charge on any atom is -0.341 e. The fourth-order valence-corrected chi connectivity index (χ4v) is 11.5. The van der Waals surface area contributed by atoms with Crippen LogP contribution in [0.2, 0.25) is 10.0 Å². The van der Waals surface area contributed by atoms with Crippen molar-refractivity contribution in [1.82, 2.24) is 4.57 Å². The Morgan fingerprint density at radius 3 is 1.28 bits per heavy atom. The van der Waals surface area contributed by atoms with Gasteiger partial charge in [-0.3, -0.25) is 19.2 Å². The van der Waals surface area contributed by atoms with Gasteiger partial charge in [0.1, 0.15) is 11.4 Å². The van der Waals surface area contributed by atoms with Crippen molar-refractivity contribution in [3.05, 3.63) is 237 Å². The first-order valence-electron chi connectivity index (χ1n) is 26.1. The largest absolute Gasteiger partial charge is 0.341 e. The average molecular weight is 1190 g/mol. The average Bonchev–Trinajstić information content (AvgIpc) is 3.94. The van der Waals surface area contributed by atoms with Gasteiger partial charge in [-0.05, 0) is 165 Å². The predicted octanol–water partition coefficient (Wildman–Crippen LogP) is 16.6. The molecule has 16 heteroatoms. The molecule has 9 aromatic rings. The van der Waals surface area contributed by atoms with Crippen molar-refractivity contribution in [2.24, 2.45) is 10.3 Å². The number of ketones is 4. The zero-order chi connectivity index (χ0) is 58.3. The molecule has 0 N–H and O–H groups in total. The highest BCUT2D eigenvalue weighted by molar-refractivity contribution is 7.99. The first kappa shape index (κ1) is 60.3. The second-order valence-electron chi connectivity index (χ2n) is 18.7. The Labute approximate surface area is 498 Å². The van der Waals surface area contributed by atoms with Gasteiger partial charge in [0.05, 0.1) is 0 Å². The summed E-state index contributed by atoms with van der Waals surface area (Å²) in [7, 11) is 0. The van der Waals surface area contributed by atoms with Crippen LogP contribution < -0.4 is 0 Å². The molecule has 0 bridgehead atoms.